The molecule has 0 saturated heterocycles. The molecular weight excluding hydrogens is 339 g/mol. The van der Waals surface area contributed by atoms with Crippen molar-refractivity contribution in [1.82, 2.24) is 4.98 Å². The molecule has 1 heterocycles. The number of sulfonamides is 1. The number of hydrogen-bond donors (Lipinski definition) is 1. The van der Waals surface area contributed by atoms with E-state index in [4.69, 9.17) is 28.3 Å². The summed E-state index contributed by atoms with van der Waals surface area (Å²) >= 11 is 13.5. The number of primary sulfonamides is 1. The fourth-order valence-electron chi connectivity index (χ4n) is 1.50. The molecule has 0 aliphatic carbocycles. The molecule has 20 heavy (non-hydrogen) atoms. The lowest BCUT2D eigenvalue weighted by molar-refractivity contribution is 0.595. The second-order valence-electron chi connectivity index (χ2n) is 3.98. The van der Waals surface area contributed by atoms with Crippen LogP contribution in [0.25, 0.3) is 0 Å². The summed E-state index contributed by atoms with van der Waals surface area (Å²) in [5, 5.41) is 6.10. The van der Waals surface area contributed by atoms with Crippen LogP contribution in [-0.4, -0.2) is 13.4 Å². The Hall–Kier alpha value is -0.790. The smallest absolute Gasteiger partial charge is 0.240 e. The lowest BCUT2D eigenvalue weighted by Gasteiger charge is -2.11. The molecule has 2 aromatic rings. The van der Waals surface area contributed by atoms with Crippen LogP contribution in [0.4, 0.5) is 0 Å². The van der Waals surface area contributed by atoms with E-state index in [2.05, 4.69) is 4.98 Å². The lowest BCUT2D eigenvalue weighted by atomic mass is 10.2. The second-order valence-corrected chi connectivity index (χ2v) is 7.34. The summed E-state index contributed by atoms with van der Waals surface area (Å²) in [6.45, 7) is 1.84. The molecule has 0 bridgehead atoms. The van der Waals surface area contributed by atoms with Crippen LogP contribution in [0.3, 0.4) is 0 Å². The first-order chi connectivity index (χ1) is 9.30. The van der Waals surface area contributed by atoms with Gasteiger partial charge in [0.25, 0.3) is 0 Å². The van der Waals surface area contributed by atoms with E-state index < -0.39 is 10.0 Å². The highest BCUT2D eigenvalue weighted by Gasteiger charge is 2.18. The molecule has 106 valence electrons. The Morgan fingerprint density at radius 1 is 1.25 bits per heavy atom. The van der Waals surface area contributed by atoms with Gasteiger partial charge >= 0.3 is 0 Å². The summed E-state index contributed by atoms with van der Waals surface area (Å²) in [6.07, 6.45) is 2.68. The van der Waals surface area contributed by atoms with Crippen molar-refractivity contribution >= 4 is 45.0 Å². The molecular formula is C12H10Cl2N2O2S2. The van der Waals surface area contributed by atoms with Crippen molar-refractivity contribution in [2.45, 2.75) is 21.6 Å². The Balaban J connectivity index is 2.55. The number of hydrogen-bond acceptors (Lipinski definition) is 4. The average molecular weight is 349 g/mol. The number of aryl methyl sites for hydroxylation is 1. The number of halogens is 2. The van der Waals surface area contributed by atoms with Gasteiger partial charge in [-0.1, -0.05) is 41.0 Å². The van der Waals surface area contributed by atoms with E-state index >= 15 is 0 Å². The van der Waals surface area contributed by atoms with E-state index in [0.717, 1.165) is 17.3 Å². The summed E-state index contributed by atoms with van der Waals surface area (Å²) in [5.74, 6) is 0. The van der Waals surface area contributed by atoms with Gasteiger partial charge < -0.3 is 0 Å². The Morgan fingerprint density at radius 3 is 2.60 bits per heavy atom. The van der Waals surface area contributed by atoms with E-state index in [1.807, 2.05) is 6.92 Å². The van der Waals surface area contributed by atoms with Crippen molar-refractivity contribution in [3.05, 3.63) is 46.2 Å². The van der Waals surface area contributed by atoms with Crippen molar-refractivity contribution in [2.75, 3.05) is 0 Å². The summed E-state index contributed by atoms with van der Waals surface area (Å²) in [4.78, 5) is 4.74. The minimum absolute atomic E-state index is 0.0568. The summed E-state index contributed by atoms with van der Waals surface area (Å²) in [6, 6.07) is 5.06. The van der Waals surface area contributed by atoms with E-state index in [-0.39, 0.29) is 4.90 Å². The van der Waals surface area contributed by atoms with Gasteiger partial charge in [-0.2, -0.15) is 0 Å². The number of rotatable bonds is 3. The SMILES string of the molecule is Cc1ccc(Cl)c(Sc2ccncc2S(N)(=O)=O)c1Cl. The van der Waals surface area contributed by atoms with Crippen molar-refractivity contribution in [3.8, 4) is 0 Å². The molecule has 0 aliphatic rings. The third-order valence-electron chi connectivity index (χ3n) is 2.51. The zero-order valence-electron chi connectivity index (χ0n) is 10.3. The third kappa shape index (κ3) is 3.27. The van der Waals surface area contributed by atoms with Gasteiger partial charge in [-0.05, 0) is 24.6 Å². The van der Waals surface area contributed by atoms with Gasteiger partial charge in [0.05, 0.1) is 10.0 Å². The highest BCUT2D eigenvalue weighted by atomic mass is 35.5. The minimum atomic E-state index is -3.86. The molecule has 0 atom stereocenters. The van der Waals surface area contributed by atoms with Crippen molar-refractivity contribution < 1.29 is 8.42 Å². The van der Waals surface area contributed by atoms with E-state index in [1.165, 1.54) is 12.4 Å². The summed E-state index contributed by atoms with van der Waals surface area (Å²) < 4.78 is 23.1. The molecule has 8 heteroatoms. The average Bonchev–Trinajstić information content (AvgIpc) is 2.38. The third-order valence-corrected chi connectivity index (χ3v) is 5.81. The summed E-state index contributed by atoms with van der Waals surface area (Å²) in [7, 11) is -3.86. The second kappa shape index (κ2) is 5.91. The largest absolute Gasteiger partial charge is 0.263 e. The summed E-state index contributed by atoms with van der Waals surface area (Å²) in [5.41, 5.74) is 0.852. The molecule has 0 unspecified atom stereocenters. The fraction of sp³-hybridized carbons (Fsp3) is 0.0833. The van der Waals surface area contributed by atoms with Gasteiger partial charge in [-0.25, -0.2) is 13.6 Å². The minimum Gasteiger partial charge on any atom is -0.263 e. The fourth-order valence-corrected chi connectivity index (χ4v) is 4.05. The standard InChI is InChI=1S/C12H10Cl2N2O2S2/c1-7-2-3-8(13)12(11(7)14)19-9-4-5-16-6-10(9)20(15,17)18/h2-6H,1H3,(H2,15,17,18). The maximum Gasteiger partial charge on any atom is 0.240 e. The molecule has 0 saturated carbocycles. The zero-order chi connectivity index (χ0) is 14.9. The monoisotopic (exact) mass is 348 g/mol. The van der Waals surface area contributed by atoms with Crippen LogP contribution in [-0.2, 0) is 10.0 Å². The normalized spacial score (nSPS) is 11.6. The zero-order valence-corrected chi connectivity index (χ0v) is 13.4. The van der Waals surface area contributed by atoms with Gasteiger partial charge in [0.1, 0.15) is 4.90 Å². The highest BCUT2D eigenvalue weighted by Crippen LogP contribution is 2.41. The van der Waals surface area contributed by atoms with Gasteiger partial charge in [-0.3, -0.25) is 4.98 Å². The quantitative estimate of drug-likeness (QED) is 0.921. The first-order valence-corrected chi connectivity index (χ1v) is 8.52. The van der Waals surface area contributed by atoms with Crippen molar-refractivity contribution in [3.63, 3.8) is 0 Å². The molecule has 4 nitrogen and oxygen atoms in total. The predicted octanol–water partition coefficient (Wildman–Crippen LogP) is 3.50. The van der Waals surface area contributed by atoms with Gasteiger partial charge in [0, 0.05) is 22.2 Å². The lowest BCUT2D eigenvalue weighted by Crippen LogP contribution is -2.13. The van der Waals surface area contributed by atoms with Crippen LogP contribution < -0.4 is 5.14 Å². The first-order valence-electron chi connectivity index (χ1n) is 5.40. The van der Waals surface area contributed by atoms with Crippen LogP contribution in [0, 0.1) is 6.92 Å². The van der Waals surface area contributed by atoms with Gasteiger partial charge in [0.15, 0.2) is 0 Å². The molecule has 1 aromatic heterocycles. The van der Waals surface area contributed by atoms with Crippen LogP contribution in [0.15, 0.2) is 45.3 Å². The van der Waals surface area contributed by atoms with Gasteiger partial charge in [0.2, 0.25) is 10.0 Å². The number of nitrogens with two attached hydrogens (primary N) is 1. The molecule has 1 aromatic carbocycles. The number of benzene rings is 1. The van der Waals surface area contributed by atoms with Crippen molar-refractivity contribution in [2.24, 2.45) is 5.14 Å². The Morgan fingerprint density at radius 2 is 1.95 bits per heavy atom. The maximum absolute atomic E-state index is 11.5. The molecule has 0 amide bonds. The first kappa shape index (κ1) is 15.6. The van der Waals surface area contributed by atoms with E-state index in [0.29, 0.717) is 19.8 Å². The molecule has 2 rings (SSSR count). The molecule has 0 fully saturated rings. The van der Waals surface area contributed by atoms with E-state index in [9.17, 15) is 8.42 Å². The van der Waals surface area contributed by atoms with Gasteiger partial charge in [-0.15, -0.1) is 0 Å². The molecule has 2 N–H and O–H groups in total. The number of pyridine rings is 1. The number of nitrogens with zero attached hydrogens (tertiary/aromatic N) is 1. The van der Waals surface area contributed by atoms with E-state index in [1.54, 1.807) is 18.2 Å². The molecule has 0 radical (unpaired) electrons. The van der Waals surface area contributed by atoms with Crippen LogP contribution >= 0.6 is 35.0 Å². The van der Waals surface area contributed by atoms with Crippen LogP contribution in [0.2, 0.25) is 10.0 Å². The molecule has 0 spiro atoms. The predicted molar refractivity (Wildman–Crippen MR) is 80.9 cm³/mol. The highest BCUT2D eigenvalue weighted by molar-refractivity contribution is 8.00. The van der Waals surface area contributed by atoms with Crippen molar-refractivity contribution in [1.29, 1.82) is 0 Å². The van der Waals surface area contributed by atoms with Crippen LogP contribution in [0.5, 0.6) is 0 Å². The number of aromatic nitrogens is 1. The molecule has 0 aliphatic heterocycles. The Bertz CT molecular complexity index is 764. The maximum atomic E-state index is 11.5. The van der Waals surface area contributed by atoms with Crippen LogP contribution in [0.1, 0.15) is 5.56 Å². The Labute approximate surface area is 131 Å². The Kier molecular flexibility index (Phi) is 4.61. The topological polar surface area (TPSA) is 73.0 Å².